The first-order chi connectivity index (χ1) is 18.5. The van der Waals surface area contributed by atoms with Crippen LogP contribution in [0.25, 0.3) is 0 Å². The van der Waals surface area contributed by atoms with Gasteiger partial charge in [-0.15, -0.1) is 0 Å². The van der Waals surface area contributed by atoms with Gasteiger partial charge < -0.3 is 20.0 Å². The zero-order valence-corrected chi connectivity index (χ0v) is 25.1. The van der Waals surface area contributed by atoms with Gasteiger partial charge in [0.15, 0.2) is 0 Å². The van der Waals surface area contributed by atoms with Gasteiger partial charge in [0.25, 0.3) is 5.91 Å². The normalized spacial score (nSPS) is 25.1. The van der Waals surface area contributed by atoms with E-state index in [9.17, 15) is 14.7 Å². The Morgan fingerprint density at radius 2 is 1.90 bits per heavy atom. The van der Waals surface area contributed by atoms with Gasteiger partial charge in [0, 0.05) is 28.6 Å². The second kappa shape index (κ2) is 11.7. The van der Waals surface area contributed by atoms with Gasteiger partial charge in [-0.05, 0) is 91.0 Å². The molecular formula is C31H39BrN2O5. The first kappa shape index (κ1) is 29.1. The number of hydrogen-bond donors (Lipinski definition) is 2. The van der Waals surface area contributed by atoms with Gasteiger partial charge in [-0.25, -0.2) is 0 Å². The van der Waals surface area contributed by atoms with Crippen LogP contribution in [0.15, 0.2) is 46.0 Å². The fourth-order valence-corrected chi connectivity index (χ4v) is 7.14. The molecule has 39 heavy (non-hydrogen) atoms. The first-order valence-electron chi connectivity index (χ1n) is 13.7. The molecule has 7 nitrogen and oxygen atoms in total. The molecule has 0 aliphatic heterocycles. The van der Waals surface area contributed by atoms with Crippen LogP contribution in [0.3, 0.4) is 0 Å². The molecular weight excluding hydrogens is 560 g/mol. The number of carbonyl (C=O) groups excluding carboxylic acids is 1. The number of amides is 1. The van der Waals surface area contributed by atoms with Crippen LogP contribution in [-0.2, 0) is 15.0 Å². The SMILES string of the molecule is COc1ccc(C(=O)NCCCO/N=C2\C[C@H]3[C@](C)(C(=O)O)CCC[C@]3(C)c3cc(Br)c(C(C)C)cc32)cc1. The van der Waals surface area contributed by atoms with E-state index in [0.717, 1.165) is 34.2 Å². The molecule has 0 bridgehead atoms. The fourth-order valence-electron chi connectivity index (χ4n) is 6.34. The van der Waals surface area contributed by atoms with Crippen molar-refractivity contribution in [2.24, 2.45) is 16.5 Å². The predicted molar refractivity (Wildman–Crippen MR) is 156 cm³/mol. The molecule has 8 heteroatoms. The Balaban J connectivity index is 1.50. The summed E-state index contributed by atoms with van der Waals surface area (Å²) in [4.78, 5) is 30.7. The fraction of sp³-hybridized carbons (Fsp3) is 0.516. The summed E-state index contributed by atoms with van der Waals surface area (Å²) in [5.74, 6) is 0.0385. The van der Waals surface area contributed by atoms with E-state index in [1.54, 1.807) is 31.4 Å². The highest BCUT2D eigenvalue weighted by molar-refractivity contribution is 9.10. The van der Waals surface area contributed by atoms with Crippen molar-refractivity contribution < 1.29 is 24.3 Å². The van der Waals surface area contributed by atoms with E-state index < -0.39 is 11.4 Å². The molecule has 0 saturated heterocycles. The lowest BCUT2D eigenvalue weighted by molar-refractivity contribution is -0.156. The molecule has 2 aliphatic rings. The van der Waals surface area contributed by atoms with Crippen molar-refractivity contribution in [1.82, 2.24) is 5.32 Å². The van der Waals surface area contributed by atoms with E-state index in [2.05, 4.69) is 59.3 Å². The Morgan fingerprint density at radius 3 is 2.54 bits per heavy atom. The summed E-state index contributed by atoms with van der Waals surface area (Å²) in [5.41, 5.74) is 3.68. The molecule has 3 atom stereocenters. The van der Waals surface area contributed by atoms with E-state index in [1.807, 2.05) is 6.92 Å². The number of carboxylic acid groups (broad SMARTS) is 1. The van der Waals surface area contributed by atoms with Gasteiger partial charge in [-0.2, -0.15) is 0 Å². The van der Waals surface area contributed by atoms with Crippen molar-refractivity contribution in [3.8, 4) is 5.75 Å². The van der Waals surface area contributed by atoms with Crippen LogP contribution in [0, 0.1) is 11.3 Å². The van der Waals surface area contributed by atoms with E-state index in [1.165, 1.54) is 5.56 Å². The van der Waals surface area contributed by atoms with Crippen LogP contribution in [0.1, 0.15) is 92.8 Å². The van der Waals surface area contributed by atoms with Crippen molar-refractivity contribution in [3.63, 3.8) is 0 Å². The molecule has 1 saturated carbocycles. The predicted octanol–water partition coefficient (Wildman–Crippen LogP) is 6.67. The topological polar surface area (TPSA) is 97.2 Å². The number of aliphatic carboxylic acids is 1. The van der Waals surface area contributed by atoms with Crippen molar-refractivity contribution in [2.75, 3.05) is 20.3 Å². The monoisotopic (exact) mass is 598 g/mol. The molecule has 4 rings (SSSR count). The van der Waals surface area contributed by atoms with Crippen LogP contribution in [0.2, 0.25) is 0 Å². The molecule has 2 N–H and O–H groups in total. The van der Waals surface area contributed by atoms with E-state index >= 15 is 0 Å². The molecule has 210 valence electrons. The lowest BCUT2D eigenvalue weighted by Crippen LogP contribution is -2.53. The van der Waals surface area contributed by atoms with Crippen molar-refractivity contribution in [2.45, 2.75) is 71.1 Å². The third kappa shape index (κ3) is 5.72. The molecule has 2 aliphatic carbocycles. The summed E-state index contributed by atoms with van der Waals surface area (Å²) in [6.07, 6.45) is 3.63. The van der Waals surface area contributed by atoms with Gasteiger partial charge in [0.2, 0.25) is 0 Å². The number of methoxy groups -OCH3 is 1. The number of oxime groups is 1. The minimum Gasteiger partial charge on any atom is -0.497 e. The highest BCUT2D eigenvalue weighted by Crippen LogP contribution is 2.58. The number of fused-ring (bicyclic) bond motifs is 3. The number of benzene rings is 2. The van der Waals surface area contributed by atoms with Gasteiger partial charge in [-0.3, -0.25) is 9.59 Å². The van der Waals surface area contributed by atoms with Crippen LogP contribution in [-0.4, -0.2) is 43.0 Å². The molecule has 0 radical (unpaired) electrons. The lowest BCUT2D eigenvalue weighted by Gasteiger charge is -2.53. The number of rotatable bonds is 9. The maximum atomic E-state index is 12.5. The molecule has 0 spiro atoms. The molecule has 0 unspecified atom stereocenters. The average Bonchev–Trinajstić information content (AvgIpc) is 2.90. The third-order valence-electron chi connectivity index (χ3n) is 8.73. The minimum atomic E-state index is -0.833. The van der Waals surface area contributed by atoms with Gasteiger partial charge in [0.1, 0.15) is 12.4 Å². The Bertz CT molecular complexity index is 1260. The van der Waals surface area contributed by atoms with Gasteiger partial charge in [-0.1, -0.05) is 48.3 Å². The summed E-state index contributed by atoms with van der Waals surface area (Å²) >= 11 is 3.78. The smallest absolute Gasteiger partial charge is 0.309 e. The largest absolute Gasteiger partial charge is 0.497 e. The van der Waals surface area contributed by atoms with Gasteiger partial charge in [0.05, 0.1) is 18.2 Å². The average molecular weight is 600 g/mol. The molecule has 2 aromatic carbocycles. The Morgan fingerprint density at radius 1 is 1.18 bits per heavy atom. The Hall–Kier alpha value is -2.87. The summed E-state index contributed by atoms with van der Waals surface area (Å²) in [6, 6.07) is 11.4. The molecule has 0 heterocycles. The molecule has 0 aromatic heterocycles. The highest BCUT2D eigenvalue weighted by atomic mass is 79.9. The summed E-state index contributed by atoms with van der Waals surface area (Å²) in [6.45, 7) is 9.23. The number of halogens is 1. The summed E-state index contributed by atoms with van der Waals surface area (Å²) in [7, 11) is 1.59. The number of carboxylic acids is 1. The summed E-state index contributed by atoms with van der Waals surface area (Å²) in [5, 5.41) is 17.7. The third-order valence-corrected chi connectivity index (χ3v) is 9.41. The van der Waals surface area contributed by atoms with Crippen LogP contribution >= 0.6 is 15.9 Å². The Labute approximate surface area is 239 Å². The quantitative estimate of drug-likeness (QED) is 0.248. The van der Waals surface area contributed by atoms with E-state index in [-0.39, 0.29) is 17.2 Å². The molecule has 1 fully saturated rings. The highest BCUT2D eigenvalue weighted by Gasteiger charge is 2.56. The van der Waals surface area contributed by atoms with E-state index in [0.29, 0.717) is 49.6 Å². The zero-order chi connectivity index (χ0) is 28.4. The zero-order valence-electron chi connectivity index (χ0n) is 23.5. The summed E-state index contributed by atoms with van der Waals surface area (Å²) < 4.78 is 6.19. The van der Waals surface area contributed by atoms with Crippen LogP contribution in [0.4, 0.5) is 0 Å². The van der Waals surface area contributed by atoms with Crippen LogP contribution in [0.5, 0.6) is 5.75 Å². The molecule has 2 aromatic rings. The van der Waals surface area contributed by atoms with Gasteiger partial charge >= 0.3 is 5.97 Å². The first-order valence-corrected chi connectivity index (χ1v) is 14.5. The van der Waals surface area contributed by atoms with Crippen molar-refractivity contribution in [1.29, 1.82) is 0 Å². The second-order valence-corrected chi connectivity index (χ2v) is 12.4. The maximum Gasteiger partial charge on any atom is 0.309 e. The van der Waals surface area contributed by atoms with Crippen LogP contribution < -0.4 is 10.1 Å². The standard InChI is InChI=1S/C31H39BrN2O5/c1-19(2)22-16-23-24(17-25(22)32)30(3)12-6-13-31(4,29(36)37)27(30)18-26(23)34-39-15-7-14-33-28(35)20-8-10-21(38-5)11-9-20/h8-11,16-17,19,27H,6-7,12-15,18H2,1-5H3,(H,33,35)(H,36,37)/b34-26+/t27-,30-,31-/m1/s1. The minimum absolute atomic E-state index is 0.0910. The number of hydrogen-bond acceptors (Lipinski definition) is 5. The number of nitrogens with one attached hydrogen (secondary N) is 1. The number of nitrogens with zero attached hydrogens (tertiary/aromatic N) is 1. The van der Waals surface area contributed by atoms with Crippen molar-refractivity contribution >= 4 is 33.5 Å². The second-order valence-electron chi connectivity index (χ2n) is 11.5. The Kier molecular flexibility index (Phi) is 8.74. The number of carbonyl (C=O) groups is 2. The van der Waals surface area contributed by atoms with Crippen molar-refractivity contribution in [3.05, 3.63) is 63.1 Å². The number of ether oxygens (including phenoxy) is 1. The lowest BCUT2D eigenvalue weighted by atomic mass is 9.49. The van der Waals surface area contributed by atoms with E-state index in [4.69, 9.17) is 9.57 Å². The maximum absolute atomic E-state index is 12.5. The molecule has 1 amide bonds.